The van der Waals surface area contributed by atoms with Crippen LogP contribution in [0.1, 0.15) is 10.4 Å². The van der Waals surface area contributed by atoms with Crippen LogP contribution in [0.25, 0.3) is 10.9 Å². The van der Waals surface area contributed by atoms with Gasteiger partial charge in [-0.15, -0.1) is 0 Å². The summed E-state index contributed by atoms with van der Waals surface area (Å²) in [6.45, 7) is 0. The molecule has 0 atom stereocenters. The van der Waals surface area contributed by atoms with Crippen molar-refractivity contribution in [3.8, 4) is 0 Å². The van der Waals surface area contributed by atoms with E-state index in [1.165, 1.54) is 0 Å². The number of pyridine rings is 1. The Balaban J connectivity index is 2.10. The molecule has 0 spiro atoms. The van der Waals surface area contributed by atoms with Gasteiger partial charge in [0.2, 0.25) is 0 Å². The molecular formula is C15H13N3O. The highest BCUT2D eigenvalue weighted by atomic mass is 16.1. The molecule has 3 aromatic rings. The van der Waals surface area contributed by atoms with Crippen LogP contribution in [0.2, 0.25) is 0 Å². The largest absolute Gasteiger partial charge is 0.298 e. The van der Waals surface area contributed by atoms with E-state index in [1.807, 2.05) is 53.3 Å². The van der Waals surface area contributed by atoms with E-state index in [0.29, 0.717) is 5.56 Å². The molecule has 4 nitrogen and oxygen atoms in total. The lowest BCUT2D eigenvalue weighted by Gasteiger charge is -2.22. The first-order valence-electron chi connectivity index (χ1n) is 6.00. The van der Waals surface area contributed by atoms with E-state index >= 15 is 0 Å². The fourth-order valence-electron chi connectivity index (χ4n) is 2.14. The number of aldehydes is 1. The van der Waals surface area contributed by atoms with E-state index < -0.39 is 0 Å². The molecule has 0 aliphatic carbocycles. The van der Waals surface area contributed by atoms with Crippen molar-refractivity contribution in [1.29, 1.82) is 0 Å². The summed E-state index contributed by atoms with van der Waals surface area (Å²) in [5, 5.41) is 3.06. The Morgan fingerprint density at radius 2 is 2.05 bits per heavy atom. The van der Waals surface area contributed by atoms with Gasteiger partial charge < -0.3 is 0 Å². The van der Waals surface area contributed by atoms with Crippen molar-refractivity contribution in [2.75, 3.05) is 12.1 Å². The standard InChI is InChI=1S/C15H13N3O/c1-17(18-9-7-12(10-18)11-19)15-6-8-16-14-5-3-2-4-13(14)15/h2-11H,1H3. The molecule has 0 radical (unpaired) electrons. The van der Waals surface area contributed by atoms with E-state index in [2.05, 4.69) is 4.98 Å². The van der Waals surface area contributed by atoms with Crippen molar-refractivity contribution >= 4 is 22.9 Å². The van der Waals surface area contributed by atoms with Gasteiger partial charge in [0.1, 0.15) is 0 Å². The number of para-hydroxylation sites is 1. The number of hydrogen-bond acceptors (Lipinski definition) is 3. The van der Waals surface area contributed by atoms with Gasteiger partial charge in [0.05, 0.1) is 11.2 Å². The summed E-state index contributed by atoms with van der Waals surface area (Å²) in [5.74, 6) is 0. The minimum Gasteiger partial charge on any atom is -0.298 e. The Bertz CT molecular complexity index is 728. The molecule has 4 heteroatoms. The molecule has 0 aliphatic rings. The average molecular weight is 251 g/mol. The normalized spacial score (nSPS) is 10.6. The molecule has 0 amide bonds. The van der Waals surface area contributed by atoms with Gasteiger partial charge in [-0.2, -0.15) is 0 Å². The molecule has 0 bridgehead atoms. The SMILES string of the molecule is CN(c1ccnc2ccccc12)n1ccc(C=O)c1. The Morgan fingerprint density at radius 1 is 1.21 bits per heavy atom. The summed E-state index contributed by atoms with van der Waals surface area (Å²) in [7, 11) is 1.95. The van der Waals surface area contributed by atoms with Gasteiger partial charge in [0.25, 0.3) is 0 Å². The van der Waals surface area contributed by atoms with Crippen LogP contribution in [0.3, 0.4) is 0 Å². The smallest absolute Gasteiger partial charge is 0.151 e. The van der Waals surface area contributed by atoms with E-state index in [1.54, 1.807) is 18.5 Å². The zero-order valence-corrected chi connectivity index (χ0v) is 10.5. The molecule has 3 rings (SSSR count). The second-order valence-electron chi connectivity index (χ2n) is 4.31. The van der Waals surface area contributed by atoms with Gasteiger partial charge >= 0.3 is 0 Å². The Kier molecular flexibility index (Phi) is 2.76. The van der Waals surface area contributed by atoms with Crippen LogP contribution in [-0.4, -0.2) is 23.0 Å². The van der Waals surface area contributed by atoms with E-state index in [9.17, 15) is 4.79 Å². The number of carbonyl (C=O) groups is 1. The van der Waals surface area contributed by atoms with Gasteiger partial charge in [-0.25, -0.2) is 0 Å². The zero-order valence-electron chi connectivity index (χ0n) is 10.5. The fraction of sp³-hybridized carbons (Fsp3) is 0.0667. The van der Waals surface area contributed by atoms with Crippen LogP contribution in [-0.2, 0) is 0 Å². The van der Waals surface area contributed by atoms with E-state index in [0.717, 1.165) is 22.9 Å². The molecule has 2 aromatic heterocycles. The highest BCUT2D eigenvalue weighted by molar-refractivity contribution is 5.91. The van der Waals surface area contributed by atoms with Crippen molar-refractivity contribution in [1.82, 2.24) is 9.66 Å². The topological polar surface area (TPSA) is 38.1 Å². The number of nitrogens with zero attached hydrogens (tertiary/aromatic N) is 3. The first-order valence-corrected chi connectivity index (χ1v) is 6.00. The second kappa shape index (κ2) is 4.57. The summed E-state index contributed by atoms with van der Waals surface area (Å²) in [6.07, 6.45) is 6.29. The fourth-order valence-corrected chi connectivity index (χ4v) is 2.14. The minimum atomic E-state index is 0.658. The highest BCUT2D eigenvalue weighted by Crippen LogP contribution is 2.24. The first-order chi connectivity index (χ1) is 9.29. The maximum absolute atomic E-state index is 10.7. The quantitative estimate of drug-likeness (QED) is 0.672. The zero-order chi connectivity index (χ0) is 13.2. The third-order valence-electron chi connectivity index (χ3n) is 3.16. The van der Waals surface area contributed by atoms with Gasteiger partial charge in [-0.1, -0.05) is 18.2 Å². The molecule has 0 N–H and O–H groups in total. The summed E-state index contributed by atoms with van der Waals surface area (Å²) < 4.78 is 1.88. The monoisotopic (exact) mass is 251 g/mol. The number of benzene rings is 1. The predicted molar refractivity (Wildman–Crippen MR) is 75.4 cm³/mol. The van der Waals surface area contributed by atoms with Crippen LogP contribution in [0.15, 0.2) is 55.0 Å². The highest BCUT2D eigenvalue weighted by Gasteiger charge is 2.08. The van der Waals surface area contributed by atoms with Crippen molar-refractivity contribution in [3.05, 3.63) is 60.6 Å². The molecule has 1 aromatic carbocycles. The van der Waals surface area contributed by atoms with Crippen molar-refractivity contribution in [3.63, 3.8) is 0 Å². The Hall–Kier alpha value is -2.62. The lowest BCUT2D eigenvalue weighted by molar-refractivity contribution is 0.112. The first kappa shape index (κ1) is 11.5. The Morgan fingerprint density at radius 3 is 2.84 bits per heavy atom. The van der Waals surface area contributed by atoms with Crippen LogP contribution >= 0.6 is 0 Å². The van der Waals surface area contributed by atoms with Crippen LogP contribution in [0, 0.1) is 0 Å². The lowest BCUT2D eigenvalue weighted by Crippen LogP contribution is -2.23. The maximum atomic E-state index is 10.7. The van der Waals surface area contributed by atoms with E-state index in [4.69, 9.17) is 0 Å². The molecule has 0 aliphatic heterocycles. The number of fused-ring (bicyclic) bond motifs is 1. The summed E-state index contributed by atoms with van der Waals surface area (Å²) in [6, 6.07) is 11.7. The van der Waals surface area contributed by atoms with Gasteiger partial charge in [-0.3, -0.25) is 19.5 Å². The third kappa shape index (κ3) is 1.97. The van der Waals surface area contributed by atoms with Crippen molar-refractivity contribution < 1.29 is 4.79 Å². The lowest BCUT2D eigenvalue weighted by atomic mass is 10.2. The molecule has 94 valence electrons. The minimum absolute atomic E-state index is 0.658. The molecule has 0 saturated heterocycles. The Labute approximate surface area is 110 Å². The molecular weight excluding hydrogens is 238 g/mol. The maximum Gasteiger partial charge on any atom is 0.151 e. The molecule has 19 heavy (non-hydrogen) atoms. The molecule has 0 fully saturated rings. The predicted octanol–water partition coefficient (Wildman–Crippen LogP) is 2.75. The van der Waals surface area contributed by atoms with Crippen molar-refractivity contribution in [2.24, 2.45) is 0 Å². The van der Waals surface area contributed by atoms with Gasteiger partial charge in [0.15, 0.2) is 6.29 Å². The van der Waals surface area contributed by atoms with Crippen LogP contribution in [0.5, 0.6) is 0 Å². The molecule has 0 unspecified atom stereocenters. The third-order valence-corrected chi connectivity index (χ3v) is 3.16. The van der Waals surface area contributed by atoms with Crippen LogP contribution in [0.4, 0.5) is 5.69 Å². The summed E-state index contributed by atoms with van der Waals surface area (Å²) >= 11 is 0. The van der Waals surface area contributed by atoms with Gasteiger partial charge in [0, 0.05) is 36.6 Å². The second-order valence-corrected chi connectivity index (χ2v) is 4.31. The summed E-state index contributed by atoms with van der Waals surface area (Å²) in [4.78, 5) is 15.1. The number of aromatic nitrogens is 2. The van der Waals surface area contributed by atoms with Gasteiger partial charge in [-0.05, 0) is 18.2 Å². The number of anilines is 1. The molecule has 2 heterocycles. The van der Waals surface area contributed by atoms with Crippen LogP contribution < -0.4 is 5.01 Å². The number of carbonyl (C=O) groups excluding carboxylic acids is 1. The van der Waals surface area contributed by atoms with Crippen molar-refractivity contribution in [2.45, 2.75) is 0 Å². The van der Waals surface area contributed by atoms with E-state index in [-0.39, 0.29) is 0 Å². The number of rotatable bonds is 3. The average Bonchev–Trinajstić information content (AvgIpc) is 2.95. The summed E-state index contributed by atoms with van der Waals surface area (Å²) in [5.41, 5.74) is 2.65. The number of hydrogen-bond donors (Lipinski definition) is 0. The molecule has 0 saturated carbocycles.